The van der Waals surface area contributed by atoms with Crippen LogP contribution in [0.2, 0.25) is 0 Å². The van der Waals surface area contributed by atoms with Crippen LogP contribution in [-0.2, 0) is 14.3 Å². The molecule has 6 nitrogen and oxygen atoms in total. The highest BCUT2D eigenvalue weighted by molar-refractivity contribution is 9.10. The van der Waals surface area contributed by atoms with E-state index >= 15 is 0 Å². The van der Waals surface area contributed by atoms with Crippen molar-refractivity contribution < 1.29 is 19.1 Å². The van der Waals surface area contributed by atoms with Crippen LogP contribution in [0.5, 0.6) is 0 Å². The van der Waals surface area contributed by atoms with E-state index < -0.39 is 18.5 Å². The Balaban J connectivity index is 1.80. The molecular weight excluding hydrogens is 400 g/mol. The van der Waals surface area contributed by atoms with Crippen LogP contribution in [0.3, 0.4) is 0 Å². The van der Waals surface area contributed by atoms with Gasteiger partial charge in [-0.15, -0.1) is 0 Å². The molecule has 0 atom stereocenters. The smallest absolute Gasteiger partial charge is 0.338 e. The number of anilines is 1. The van der Waals surface area contributed by atoms with E-state index in [4.69, 9.17) is 4.74 Å². The van der Waals surface area contributed by atoms with Gasteiger partial charge in [0, 0.05) is 17.2 Å². The summed E-state index contributed by atoms with van der Waals surface area (Å²) in [5.41, 5.74) is 2.08. The van der Waals surface area contributed by atoms with Crippen molar-refractivity contribution >= 4 is 39.4 Å². The lowest BCUT2D eigenvalue weighted by atomic mass is 10.2. The molecule has 2 amide bonds. The maximum absolute atomic E-state index is 12.0. The van der Waals surface area contributed by atoms with Crippen molar-refractivity contribution in [1.29, 1.82) is 0 Å². The van der Waals surface area contributed by atoms with Gasteiger partial charge in [-0.3, -0.25) is 9.59 Å². The van der Waals surface area contributed by atoms with E-state index in [0.717, 1.165) is 10.0 Å². The summed E-state index contributed by atoms with van der Waals surface area (Å²) in [4.78, 5) is 37.2. The van der Waals surface area contributed by atoms with Crippen LogP contribution >= 0.6 is 15.9 Å². The number of carbonyl (C=O) groups is 3. The lowest BCUT2D eigenvalue weighted by molar-refractivity contribution is -0.136. The molecule has 7 heteroatoms. The largest absolute Gasteiger partial charge is 0.452 e. The van der Waals surface area contributed by atoms with Crippen LogP contribution in [0.25, 0.3) is 0 Å². The van der Waals surface area contributed by atoms with E-state index in [1.165, 1.54) is 11.9 Å². The van der Waals surface area contributed by atoms with Gasteiger partial charge >= 0.3 is 5.97 Å². The summed E-state index contributed by atoms with van der Waals surface area (Å²) in [6.45, 7) is 1.38. The van der Waals surface area contributed by atoms with E-state index in [9.17, 15) is 14.4 Å². The van der Waals surface area contributed by atoms with Crippen molar-refractivity contribution in [2.45, 2.75) is 6.92 Å². The highest BCUT2D eigenvalue weighted by Crippen LogP contribution is 2.12. The second-order valence-corrected chi connectivity index (χ2v) is 6.67. The summed E-state index contributed by atoms with van der Waals surface area (Å²) in [7, 11) is 1.48. The molecule has 0 bridgehead atoms. The minimum atomic E-state index is -0.600. The number of hydrogen-bond donors (Lipinski definition) is 1. The van der Waals surface area contributed by atoms with Gasteiger partial charge in [-0.1, -0.05) is 39.7 Å². The van der Waals surface area contributed by atoms with Crippen molar-refractivity contribution in [2.24, 2.45) is 0 Å². The Bertz CT molecular complexity index is 805. The molecular formula is C19H19BrN2O4. The first-order valence-corrected chi connectivity index (χ1v) is 8.67. The van der Waals surface area contributed by atoms with Crippen LogP contribution in [0.4, 0.5) is 5.69 Å². The predicted octanol–water partition coefficient (Wildman–Crippen LogP) is 3.01. The fourth-order valence-electron chi connectivity index (χ4n) is 2.08. The molecule has 0 aromatic heterocycles. The number of halogens is 1. The molecule has 2 aromatic rings. The van der Waals surface area contributed by atoms with E-state index in [1.807, 2.05) is 19.1 Å². The molecule has 0 radical (unpaired) electrons. The molecule has 0 heterocycles. The zero-order chi connectivity index (χ0) is 19.1. The van der Waals surface area contributed by atoms with Gasteiger partial charge in [0.25, 0.3) is 5.91 Å². The maximum atomic E-state index is 12.0. The number of nitrogens with one attached hydrogen (secondary N) is 1. The SMILES string of the molecule is Cc1ccc(NC(=O)CN(C)C(=O)COC(=O)c2cccc(Br)c2)cc1. The topological polar surface area (TPSA) is 75.7 Å². The molecule has 2 rings (SSSR count). The number of esters is 1. The lowest BCUT2D eigenvalue weighted by Gasteiger charge is -2.17. The van der Waals surface area contributed by atoms with Gasteiger partial charge in [0.05, 0.1) is 12.1 Å². The number of hydrogen-bond acceptors (Lipinski definition) is 4. The van der Waals surface area contributed by atoms with Gasteiger partial charge in [0.15, 0.2) is 6.61 Å². The number of benzene rings is 2. The molecule has 0 aliphatic rings. The number of rotatable bonds is 6. The highest BCUT2D eigenvalue weighted by atomic mass is 79.9. The van der Waals surface area contributed by atoms with Crippen LogP contribution in [0.15, 0.2) is 53.0 Å². The number of likely N-dealkylation sites (N-methyl/N-ethyl adjacent to an activating group) is 1. The van der Waals surface area contributed by atoms with E-state index in [1.54, 1.807) is 36.4 Å². The van der Waals surface area contributed by atoms with Gasteiger partial charge in [0.1, 0.15) is 0 Å². The Hall–Kier alpha value is -2.67. The maximum Gasteiger partial charge on any atom is 0.338 e. The third-order valence-electron chi connectivity index (χ3n) is 3.53. The van der Waals surface area contributed by atoms with Gasteiger partial charge < -0.3 is 15.0 Å². The average Bonchev–Trinajstić information content (AvgIpc) is 2.61. The minimum absolute atomic E-state index is 0.138. The number of nitrogens with zero attached hydrogens (tertiary/aromatic N) is 1. The fourth-order valence-corrected chi connectivity index (χ4v) is 2.48. The normalized spacial score (nSPS) is 10.1. The minimum Gasteiger partial charge on any atom is -0.452 e. The summed E-state index contributed by atoms with van der Waals surface area (Å²) in [5.74, 6) is -1.40. The molecule has 0 saturated heterocycles. The molecule has 0 saturated carbocycles. The Kier molecular flexibility index (Phi) is 6.91. The average molecular weight is 419 g/mol. The summed E-state index contributed by atoms with van der Waals surface area (Å²) in [6, 6.07) is 14.0. The Morgan fingerprint density at radius 3 is 2.46 bits per heavy atom. The molecule has 136 valence electrons. The Morgan fingerprint density at radius 1 is 1.12 bits per heavy atom. The Labute approximate surface area is 160 Å². The van der Waals surface area contributed by atoms with E-state index in [2.05, 4.69) is 21.2 Å². The van der Waals surface area contributed by atoms with Crippen molar-refractivity contribution in [2.75, 3.05) is 25.5 Å². The molecule has 0 aliphatic carbocycles. The van der Waals surface area contributed by atoms with Crippen LogP contribution in [0, 0.1) is 6.92 Å². The van der Waals surface area contributed by atoms with Crippen LogP contribution in [-0.4, -0.2) is 42.9 Å². The molecule has 26 heavy (non-hydrogen) atoms. The lowest BCUT2D eigenvalue weighted by Crippen LogP contribution is -2.37. The van der Waals surface area contributed by atoms with Crippen molar-refractivity contribution in [3.05, 3.63) is 64.1 Å². The van der Waals surface area contributed by atoms with Gasteiger partial charge in [-0.05, 0) is 37.3 Å². The monoisotopic (exact) mass is 418 g/mol. The van der Waals surface area contributed by atoms with Crippen molar-refractivity contribution in [1.82, 2.24) is 4.90 Å². The fraction of sp³-hybridized carbons (Fsp3) is 0.211. The zero-order valence-corrected chi connectivity index (χ0v) is 16.1. The molecule has 0 aliphatic heterocycles. The van der Waals surface area contributed by atoms with Crippen LogP contribution in [0.1, 0.15) is 15.9 Å². The third-order valence-corrected chi connectivity index (χ3v) is 4.02. The number of aryl methyl sites for hydroxylation is 1. The highest BCUT2D eigenvalue weighted by Gasteiger charge is 2.16. The number of amides is 2. The molecule has 1 N–H and O–H groups in total. The second-order valence-electron chi connectivity index (χ2n) is 5.75. The molecule has 0 fully saturated rings. The number of ether oxygens (including phenoxy) is 1. The molecule has 2 aromatic carbocycles. The van der Waals surface area contributed by atoms with Crippen LogP contribution < -0.4 is 5.32 Å². The van der Waals surface area contributed by atoms with Gasteiger partial charge in [-0.25, -0.2) is 4.79 Å². The predicted molar refractivity (Wildman–Crippen MR) is 102 cm³/mol. The second kappa shape index (κ2) is 9.15. The first-order chi connectivity index (χ1) is 12.3. The number of carbonyl (C=O) groups excluding carboxylic acids is 3. The van der Waals surface area contributed by atoms with E-state index in [-0.39, 0.29) is 12.5 Å². The zero-order valence-electron chi connectivity index (χ0n) is 14.5. The first kappa shape index (κ1) is 19.7. The quantitative estimate of drug-likeness (QED) is 0.731. The molecule has 0 spiro atoms. The summed E-state index contributed by atoms with van der Waals surface area (Å²) in [5, 5.41) is 2.71. The van der Waals surface area contributed by atoms with Crippen molar-refractivity contribution in [3.8, 4) is 0 Å². The summed E-state index contributed by atoms with van der Waals surface area (Å²) in [6.07, 6.45) is 0. The van der Waals surface area contributed by atoms with E-state index in [0.29, 0.717) is 11.3 Å². The van der Waals surface area contributed by atoms with Gasteiger partial charge in [-0.2, -0.15) is 0 Å². The summed E-state index contributed by atoms with van der Waals surface area (Å²) < 4.78 is 5.74. The standard InChI is InChI=1S/C19H19BrN2O4/c1-13-6-8-16(9-7-13)21-17(23)11-22(2)18(24)12-26-19(25)14-4-3-5-15(20)10-14/h3-10H,11-12H2,1-2H3,(H,21,23). The summed E-state index contributed by atoms with van der Waals surface area (Å²) >= 11 is 3.26. The third kappa shape index (κ3) is 6.00. The molecule has 0 unspecified atom stereocenters. The van der Waals surface area contributed by atoms with Gasteiger partial charge in [0.2, 0.25) is 5.91 Å². The first-order valence-electron chi connectivity index (χ1n) is 7.88. The van der Waals surface area contributed by atoms with Crippen molar-refractivity contribution in [3.63, 3.8) is 0 Å². The Morgan fingerprint density at radius 2 is 1.81 bits per heavy atom.